The van der Waals surface area contributed by atoms with Crippen molar-refractivity contribution in [2.45, 2.75) is 6.42 Å². The lowest BCUT2D eigenvalue weighted by Crippen LogP contribution is -2.20. The van der Waals surface area contributed by atoms with Crippen LogP contribution in [0.1, 0.15) is 5.56 Å². The zero-order chi connectivity index (χ0) is 10.1. The van der Waals surface area contributed by atoms with Gasteiger partial charge in [0.05, 0.1) is 6.54 Å². The molecule has 15 heavy (non-hydrogen) atoms. The average Bonchev–Trinajstić information content (AvgIpc) is 2.87. The van der Waals surface area contributed by atoms with Crippen molar-refractivity contribution in [1.29, 1.82) is 0 Å². The van der Waals surface area contributed by atoms with Gasteiger partial charge in [-0.05, 0) is 6.07 Å². The molecule has 4 nitrogen and oxygen atoms in total. The quantitative estimate of drug-likeness (QED) is 0.780. The van der Waals surface area contributed by atoms with Crippen LogP contribution in [0.3, 0.4) is 0 Å². The Bertz CT molecular complexity index is 415. The van der Waals surface area contributed by atoms with Crippen LogP contribution in [0.4, 0.5) is 0 Å². The Morgan fingerprint density at radius 1 is 1.33 bits per heavy atom. The van der Waals surface area contributed by atoms with Gasteiger partial charge in [0, 0.05) is 18.5 Å². The van der Waals surface area contributed by atoms with Crippen molar-refractivity contribution < 1.29 is 9.47 Å². The summed E-state index contributed by atoms with van der Waals surface area (Å²) in [5.74, 6) is 2.75. The second-order valence-corrected chi connectivity index (χ2v) is 3.58. The minimum Gasteiger partial charge on any atom is -0.454 e. The van der Waals surface area contributed by atoms with E-state index < -0.39 is 0 Å². The maximum atomic E-state index is 5.43. The fourth-order valence-corrected chi connectivity index (χ4v) is 1.88. The van der Waals surface area contributed by atoms with Crippen LogP contribution in [0.25, 0.3) is 0 Å². The van der Waals surface area contributed by atoms with E-state index in [-0.39, 0.29) is 0 Å². The Kier molecular flexibility index (Phi) is 1.98. The maximum absolute atomic E-state index is 5.43. The van der Waals surface area contributed by atoms with E-state index >= 15 is 0 Å². The summed E-state index contributed by atoms with van der Waals surface area (Å²) in [4.78, 5) is 4.37. The molecule has 0 radical (unpaired) electrons. The summed E-state index contributed by atoms with van der Waals surface area (Å²) in [6.45, 7) is 2.15. The Labute approximate surface area is 87.9 Å². The molecule has 0 saturated heterocycles. The van der Waals surface area contributed by atoms with E-state index in [1.807, 2.05) is 12.1 Å². The van der Waals surface area contributed by atoms with E-state index in [1.54, 1.807) is 0 Å². The van der Waals surface area contributed by atoms with Crippen molar-refractivity contribution in [2.75, 3.05) is 19.9 Å². The average molecular weight is 204 g/mol. The van der Waals surface area contributed by atoms with Crippen molar-refractivity contribution in [3.8, 4) is 11.5 Å². The van der Waals surface area contributed by atoms with Crippen molar-refractivity contribution in [2.24, 2.45) is 4.99 Å². The van der Waals surface area contributed by atoms with Crippen LogP contribution in [0, 0.1) is 0 Å². The maximum Gasteiger partial charge on any atom is 0.231 e. The Morgan fingerprint density at radius 2 is 2.33 bits per heavy atom. The van der Waals surface area contributed by atoms with Crippen LogP contribution in [0.15, 0.2) is 23.2 Å². The van der Waals surface area contributed by atoms with Crippen molar-refractivity contribution >= 4 is 5.84 Å². The molecule has 0 aliphatic carbocycles. The van der Waals surface area contributed by atoms with Crippen LogP contribution in [-0.4, -0.2) is 25.7 Å². The monoisotopic (exact) mass is 204 g/mol. The predicted octanol–water partition coefficient (Wildman–Crippen LogP) is 0.960. The van der Waals surface area contributed by atoms with Gasteiger partial charge in [-0.1, -0.05) is 12.1 Å². The minimum absolute atomic E-state index is 0.326. The number of hydrogen-bond donors (Lipinski definition) is 1. The second-order valence-electron chi connectivity index (χ2n) is 3.58. The largest absolute Gasteiger partial charge is 0.454 e. The topological polar surface area (TPSA) is 42.9 Å². The molecule has 4 heteroatoms. The molecule has 2 aliphatic heterocycles. The first-order valence-electron chi connectivity index (χ1n) is 5.08. The van der Waals surface area contributed by atoms with Crippen LogP contribution in [0.2, 0.25) is 0 Å². The molecular formula is C11H12N2O2. The summed E-state index contributed by atoms with van der Waals surface area (Å²) in [5, 5.41) is 3.25. The van der Waals surface area contributed by atoms with Crippen molar-refractivity contribution in [3.05, 3.63) is 23.8 Å². The molecule has 78 valence electrons. The van der Waals surface area contributed by atoms with Gasteiger partial charge in [0.25, 0.3) is 0 Å². The van der Waals surface area contributed by atoms with Crippen molar-refractivity contribution in [1.82, 2.24) is 5.32 Å². The number of fused-ring (bicyclic) bond motifs is 1. The van der Waals surface area contributed by atoms with E-state index in [4.69, 9.17) is 9.47 Å². The number of benzene rings is 1. The molecule has 2 aliphatic rings. The molecule has 0 aromatic heterocycles. The molecule has 0 amide bonds. The van der Waals surface area contributed by atoms with E-state index in [0.29, 0.717) is 6.79 Å². The first-order valence-corrected chi connectivity index (χ1v) is 5.08. The highest BCUT2D eigenvalue weighted by Gasteiger charge is 2.18. The Hall–Kier alpha value is -1.71. The van der Waals surface area contributed by atoms with E-state index in [2.05, 4.69) is 16.4 Å². The van der Waals surface area contributed by atoms with Crippen LogP contribution in [0.5, 0.6) is 11.5 Å². The van der Waals surface area contributed by atoms with E-state index in [1.165, 1.54) is 0 Å². The summed E-state index contributed by atoms with van der Waals surface area (Å²) >= 11 is 0. The van der Waals surface area contributed by atoms with Gasteiger partial charge >= 0.3 is 0 Å². The molecule has 3 rings (SSSR count). The summed E-state index contributed by atoms with van der Waals surface area (Å²) in [6.07, 6.45) is 0.798. The molecular weight excluding hydrogens is 192 g/mol. The van der Waals surface area contributed by atoms with E-state index in [0.717, 1.165) is 42.4 Å². The minimum atomic E-state index is 0.326. The number of para-hydroxylation sites is 1. The first kappa shape index (κ1) is 8.59. The fourth-order valence-electron chi connectivity index (χ4n) is 1.88. The second kappa shape index (κ2) is 3.46. The molecule has 1 aromatic rings. The third-order valence-corrected chi connectivity index (χ3v) is 2.58. The van der Waals surface area contributed by atoms with E-state index in [9.17, 15) is 0 Å². The summed E-state index contributed by atoms with van der Waals surface area (Å²) in [7, 11) is 0. The molecule has 0 fully saturated rings. The van der Waals surface area contributed by atoms with Crippen LogP contribution in [-0.2, 0) is 6.42 Å². The molecule has 1 aromatic carbocycles. The number of rotatable bonds is 2. The molecule has 0 spiro atoms. The molecule has 0 unspecified atom stereocenters. The lowest BCUT2D eigenvalue weighted by molar-refractivity contribution is 0.173. The molecule has 0 atom stereocenters. The normalized spacial score (nSPS) is 17.5. The van der Waals surface area contributed by atoms with Crippen LogP contribution < -0.4 is 14.8 Å². The third-order valence-electron chi connectivity index (χ3n) is 2.58. The smallest absolute Gasteiger partial charge is 0.231 e. The van der Waals surface area contributed by atoms with Gasteiger partial charge in [-0.25, -0.2) is 0 Å². The third kappa shape index (κ3) is 1.52. The Balaban J connectivity index is 1.88. The molecule has 2 heterocycles. The SMILES string of the molecule is c1cc(CC2=NCCN2)c2c(c1)OCO2. The lowest BCUT2D eigenvalue weighted by atomic mass is 10.1. The Morgan fingerprint density at radius 3 is 3.20 bits per heavy atom. The number of ether oxygens (including phenoxy) is 2. The fraction of sp³-hybridized carbons (Fsp3) is 0.364. The predicted molar refractivity (Wildman–Crippen MR) is 56.6 cm³/mol. The van der Waals surface area contributed by atoms with Gasteiger partial charge in [0.15, 0.2) is 11.5 Å². The van der Waals surface area contributed by atoms with Gasteiger partial charge < -0.3 is 14.8 Å². The molecule has 0 bridgehead atoms. The summed E-state index contributed by atoms with van der Waals surface area (Å²) < 4.78 is 10.8. The number of hydrogen-bond acceptors (Lipinski definition) is 4. The zero-order valence-corrected chi connectivity index (χ0v) is 8.32. The molecule has 1 N–H and O–H groups in total. The number of nitrogens with zero attached hydrogens (tertiary/aromatic N) is 1. The molecule has 0 saturated carbocycles. The number of amidine groups is 1. The number of aliphatic imine (C=N–C) groups is 1. The first-order chi connectivity index (χ1) is 7.43. The van der Waals surface area contributed by atoms with Crippen molar-refractivity contribution in [3.63, 3.8) is 0 Å². The highest BCUT2D eigenvalue weighted by atomic mass is 16.7. The summed E-state index contributed by atoms with van der Waals surface area (Å²) in [6, 6.07) is 5.96. The zero-order valence-electron chi connectivity index (χ0n) is 8.32. The lowest BCUT2D eigenvalue weighted by Gasteiger charge is -2.05. The number of nitrogens with one attached hydrogen (secondary N) is 1. The standard InChI is InChI=1S/C11H12N2O2/c1-2-8(6-10-12-4-5-13-10)11-9(3-1)14-7-15-11/h1-3H,4-7H2,(H,12,13). The van der Waals surface area contributed by atoms with Gasteiger partial charge in [0.2, 0.25) is 6.79 Å². The van der Waals surface area contributed by atoms with Gasteiger partial charge in [-0.3, -0.25) is 4.99 Å². The van der Waals surface area contributed by atoms with Crippen LogP contribution >= 0.6 is 0 Å². The highest BCUT2D eigenvalue weighted by Crippen LogP contribution is 2.35. The van der Waals surface area contributed by atoms with Gasteiger partial charge in [-0.15, -0.1) is 0 Å². The van der Waals surface area contributed by atoms with Gasteiger partial charge in [0.1, 0.15) is 5.84 Å². The highest BCUT2D eigenvalue weighted by molar-refractivity contribution is 5.86. The summed E-state index contributed by atoms with van der Waals surface area (Å²) in [5.41, 5.74) is 1.14. The van der Waals surface area contributed by atoms with Gasteiger partial charge in [-0.2, -0.15) is 0 Å².